The van der Waals surface area contributed by atoms with E-state index < -0.39 is 6.61 Å². The third-order valence-corrected chi connectivity index (χ3v) is 5.01. The molecule has 152 valence electrons. The van der Waals surface area contributed by atoms with Crippen LogP contribution in [-0.4, -0.2) is 44.2 Å². The molecule has 1 aliphatic rings. The van der Waals surface area contributed by atoms with Gasteiger partial charge in [0.2, 0.25) is 5.91 Å². The van der Waals surface area contributed by atoms with E-state index in [-0.39, 0.29) is 17.4 Å². The second-order valence-corrected chi connectivity index (χ2v) is 7.13. The molecule has 0 aromatic heterocycles. The van der Waals surface area contributed by atoms with Gasteiger partial charge in [0.25, 0.3) is 0 Å². The van der Waals surface area contributed by atoms with Gasteiger partial charge in [0.05, 0.1) is 6.61 Å². The standard InChI is InChI=1S/C20H30F2N2O3/c1-4-26-18-11-15(7-8-17(18)27-20(21)22)13-24(3)19(25)10-14(2)16-6-5-9-23-12-16/h7-8,11,14,16,20,23H,4-6,9-10,12-13H2,1-3H3. The van der Waals surface area contributed by atoms with Gasteiger partial charge in [-0.2, -0.15) is 8.78 Å². The van der Waals surface area contributed by atoms with Crippen LogP contribution in [0.25, 0.3) is 0 Å². The van der Waals surface area contributed by atoms with Crippen molar-refractivity contribution < 1.29 is 23.0 Å². The van der Waals surface area contributed by atoms with Gasteiger partial charge >= 0.3 is 6.61 Å². The summed E-state index contributed by atoms with van der Waals surface area (Å²) >= 11 is 0. The highest BCUT2D eigenvalue weighted by Crippen LogP contribution is 2.30. The number of carbonyl (C=O) groups excluding carboxylic acids is 1. The largest absolute Gasteiger partial charge is 0.490 e. The molecule has 2 rings (SSSR count). The minimum Gasteiger partial charge on any atom is -0.490 e. The van der Waals surface area contributed by atoms with Gasteiger partial charge < -0.3 is 19.7 Å². The first-order valence-electron chi connectivity index (χ1n) is 9.56. The maximum atomic E-state index is 12.6. The summed E-state index contributed by atoms with van der Waals surface area (Å²) in [4.78, 5) is 14.2. The molecule has 1 fully saturated rings. The highest BCUT2D eigenvalue weighted by atomic mass is 19.3. The van der Waals surface area contributed by atoms with Gasteiger partial charge in [-0.1, -0.05) is 13.0 Å². The number of halogens is 2. The fourth-order valence-electron chi connectivity index (χ4n) is 3.44. The van der Waals surface area contributed by atoms with Gasteiger partial charge in [0.15, 0.2) is 11.5 Å². The van der Waals surface area contributed by atoms with E-state index in [2.05, 4.69) is 17.0 Å². The lowest BCUT2D eigenvalue weighted by atomic mass is 9.85. The molecule has 2 unspecified atom stereocenters. The zero-order valence-corrected chi connectivity index (χ0v) is 16.3. The second kappa shape index (κ2) is 10.4. The normalized spacial score (nSPS) is 18.2. The fraction of sp³-hybridized carbons (Fsp3) is 0.650. The first kappa shape index (κ1) is 21.4. The van der Waals surface area contributed by atoms with Gasteiger partial charge in [-0.05, 0) is 62.4 Å². The molecule has 1 aliphatic heterocycles. The summed E-state index contributed by atoms with van der Waals surface area (Å²) in [6.07, 6.45) is 2.83. The first-order valence-corrected chi connectivity index (χ1v) is 9.56. The van der Waals surface area contributed by atoms with Crippen LogP contribution < -0.4 is 14.8 Å². The van der Waals surface area contributed by atoms with Crippen molar-refractivity contribution in [3.8, 4) is 11.5 Å². The van der Waals surface area contributed by atoms with Crippen LogP contribution in [0.2, 0.25) is 0 Å². The molecule has 5 nitrogen and oxygen atoms in total. The van der Waals surface area contributed by atoms with E-state index in [0.717, 1.165) is 31.5 Å². The lowest BCUT2D eigenvalue weighted by Gasteiger charge is -2.29. The average Bonchev–Trinajstić information content (AvgIpc) is 2.64. The molecule has 0 spiro atoms. The van der Waals surface area contributed by atoms with Crippen molar-refractivity contribution in [3.05, 3.63) is 23.8 Å². The van der Waals surface area contributed by atoms with E-state index in [1.165, 1.54) is 6.07 Å². The van der Waals surface area contributed by atoms with Crippen LogP contribution in [0.3, 0.4) is 0 Å². The van der Waals surface area contributed by atoms with Crippen LogP contribution in [-0.2, 0) is 11.3 Å². The number of hydrogen-bond acceptors (Lipinski definition) is 4. The predicted octanol–water partition coefficient (Wildman–Crippen LogP) is 3.67. The lowest BCUT2D eigenvalue weighted by molar-refractivity contribution is -0.131. The Balaban J connectivity index is 1.95. The maximum absolute atomic E-state index is 12.6. The summed E-state index contributed by atoms with van der Waals surface area (Å²) in [7, 11) is 1.76. The third kappa shape index (κ3) is 6.65. The van der Waals surface area contributed by atoms with Crippen molar-refractivity contribution in [2.45, 2.75) is 46.3 Å². The Morgan fingerprint density at radius 3 is 2.78 bits per heavy atom. The van der Waals surface area contributed by atoms with Crippen LogP contribution >= 0.6 is 0 Å². The molecule has 1 aromatic rings. The third-order valence-electron chi connectivity index (χ3n) is 5.01. The number of benzene rings is 1. The molecule has 1 saturated heterocycles. The van der Waals surface area contributed by atoms with Crippen molar-refractivity contribution >= 4 is 5.91 Å². The van der Waals surface area contributed by atoms with E-state index in [1.54, 1.807) is 31.0 Å². The summed E-state index contributed by atoms with van der Waals surface area (Å²) in [5.74, 6) is 1.21. The van der Waals surface area contributed by atoms with E-state index in [9.17, 15) is 13.6 Å². The van der Waals surface area contributed by atoms with Crippen molar-refractivity contribution in [2.75, 3.05) is 26.7 Å². The van der Waals surface area contributed by atoms with Gasteiger partial charge in [-0.15, -0.1) is 0 Å². The number of amides is 1. The Morgan fingerprint density at radius 1 is 1.37 bits per heavy atom. The van der Waals surface area contributed by atoms with Crippen molar-refractivity contribution in [3.63, 3.8) is 0 Å². The molecular formula is C20H30F2N2O3. The first-order chi connectivity index (χ1) is 12.9. The molecule has 1 aromatic carbocycles. The average molecular weight is 384 g/mol. The van der Waals surface area contributed by atoms with Crippen molar-refractivity contribution in [1.82, 2.24) is 10.2 Å². The molecule has 2 atom stereocenters. The SMILES string of the molecule is CCOc1cc(CN(C)C(=O)CC(C)C2CCCNC2)ccc1OC(F)F. The number of alkyl halides is 2. The van der Waals surface area contributed by atoms with E-state index in [4.69, 9.17) is 4.74 Å². The molecule has 0 radical (unpaired) electrons. The summed E-state index contributed by atoms with van der Waals surface area (Å²) in [5.41, 5.74) is 0.808. The lowest BCUT2D eigenvalue weighted by Crippen LogP contribution is -2.36. The molecule has 0 aliphatic carbocycles. The number of rotatable bonds is 9. The zero-order valence-electron chi connectivity index (χ0n) is 16.3. The van der Waals surface area contributed by atoms with Crippen LogP contribution in [0.15, 0.2) is 18.2 Å². The van der Waals surface area contributed by atoms with Crippen LogP contribution in [0.1, 0.15) is 38.7 Å². The molecule has 1 N–H and O–H groups in total. The van der Waals surface area contributed by atoms with Crippen LogP contribution in [0, 0.1) is 11.8 Å². The second-order valence-electron chi connectivity index (χ2n) is 7.13. The van der Waals surface area contributed by atoms with Crippen LogP contribution in [0.4, 0.5) is 8.78 Å². The highest BCUT2D eigenvalue weighted by Gasteiger charge is 2.23. The number of nitrogens with zero attached hydrogens (tertiary/aromatic N) is 1. The Bertz CT molecular complexity index is 607. The van der Waals surface area contributed by atoms with Crippen molar-refractivity contribution in [1.29, 1.82) is 0 Å². The quantitative estimate of drug-likeness (QED) is 0.706. The smallest absolute Gasteiger partial charge is 0.387 e. The molecule has 0 bridgehead atoms. The molecular weight excluding hydrogens is 354 g/mol. The number of hydrogen-bond donors (Lipinski definition) is 1. The van der Waals surface area contributed by atoms with Gasteiger partial charge in [-0.3, -0.25) is 4.79 Å². The van der Waals surface area contributed by atoms with Gasteiger partial charge in [0.1, 0.15) is 0 Å². The van der Waals surface area contributed by atoms with E-state index in [1.807, 2.05) is 0 Å². The predicted molar refractivity (Wildman–Crippen MR) is 100 cm³/mol. The van der Waals surface area contributed by atoms with Crippen molar-refractivity contribution in [2.24, 2.45) is 11.8 Å². The van der Waals surface area contributed by atoms with Crippen LogP contribution in [0.5, 0.6) is 11.5 Å². The van der Waals surface area contributed by atoms with E-state index >= 15 is 0 Å². The Kier molecular flexibility index (Phi) is 8.28. The number of piperidine rings is 1. The molecule has 27 heavy (non-hydrogen) atoms. The number of carbonyl (C=O) groups is 1. The minimum absolute atomic E-state index is 0.00278. The molecule has 7 heteroatoms. The van der Waals surface area contributed by atoms with Gasteiger partial charge in [0, 0.05) is 20.0 Å². The summed E-state index contributed by atoms with van der Waals surface area (Å²) in [6.45, 7) is 3.76. The van der Waals surface area contributed by atoms with E-state index in [0.29, 0.717) is 31.4 Å². The summed E-state index contributed by atoms with van der Waals surface area (Å²) in [6, 6.07) is 4.79. The fourth-order valence-corrected chi connectivity index (χ4v) is 3.44. The summed E-state index contributed by atoms with van der Waals surface area (Å²) < 4.78 is 34.9. The molecule has 1 amide bonds. The Hall–Kier alpha value is -1.89. The topological polar surface area (TPSA) is 50.8 Å². The highest BCUT2D eigenvalue weighted by molar-refractivity contribution is 5.76. The molecule has 1 heterocycles. The zero-order chi connectivity index (χ0) is 19.8. The Morgan fingerprint density at radius 2 is 2.15 bits per heavy atom. The Labute approximate surface area is 160 Å². The summed E-state index contributed by atoms with van der Waals surface area (Å²) in [5, 5.41) is 3.39. The minimum atomic E-state index is -2.91. The number of ether oxygens (including phenoxy) is 2. The van der Waals surface area contributed by atoms with Gasteiger partial charge in [-0.25, -0.2) is 0 Å². The molecule has 0 saturated carbocycles. The maximum Gasteiger partial charge on any atom is 0.387 e. The monoisotopic (exact) mass is 384 g/mol. The number of nitrogens with one attached hydrogen (secondary N) is 1.